The summed E-state index contributed by atoms with van der Waals surface area (Å²) in [6.45, 7) is 3.39. The number of hydrogen-bond donors (Lipinski definition) is 0. The highest BCUT2D eigenvalue weighted by atomic mass is 16.2. The number of rotatable bonds is 4. The molecule has 0 radical (unpaired) electrons. The first kappa shape index (κ1) is 26.2. The second kappa shape index (κ2) is 10.2. The molecule has 0 saturated carbocycles. The molecule has 42 heavy (non-hydrogen) atoms. The van der Waals surface area contributed by atoms with E-state index in [4.69, 9.17) is 0 Å². The first-order valence-electron chi connectivity index (χ1n) is 13.0. The molecule has 7 nitrogen and oxygen atoms in total. The lowest BCUT2D eigenvalue weighted by Crippen LogP contribution is -2.29. The molecule has 0 aliphatic carbocycles. The zero-order valence-electron chi connectivity index (χ0n) is 22.5. The smallest absolute Gasteiger partial charge is 0.266 e. The van der Waals surface area contributed by atoms with Gasteiger partial charge in [-0.25, -0.2) is 9.80 Å². The minimum atomic E-state index is -0.549. The summed E-state index contributed by atoms with van der Waals surface area (Å²) in [5.41, 5.74) is 3.00. The molecule has 0 fully saturated rings. The summed E-state index contributed by atoms with van der Waals surface area (Å²) in [4.78, 5) is 68.5. The van der Waals surface area contributed by atoms with E-state index in [0.717, 1.165) is 9.80 Å². The van der Waals surface area contributed by atoms with E-state index in [-0.39, 0.29) is 33.4 Å². The Hall–Kier alpha value is -6.05. The second-order valence-electron chi connectivity index (χ2n) is 9.59. The number of ketones is 1. The maximum atomic E-state index is 13.5. The van der Waals surface area contributed by atoms with Crippen LogP contribution in [0.25, 0.3) is 0 Å². The lowest BCUT2D eigenvalue weighted by atomic mass is 9.96. The van der Waals surface area contributed by atoms with E-state index >= 15 is 0 Å². The van der Waals surface area contributed by atoms with Crippen molar-refractivity contribution in [3.8, 4) is 23.7 Å². The SMILES string of the molecule is CC#Cc1cccc(N2C(=O)c3ccc(C(=O)c4ccc5c(c4)C(=O)N(c4cccc(C#CC)c4)C5=O)cc3C2=O)c1. The first-order valence-corrected chi connectivity index (χ1v) is 13.0. The summed E-state index contributed by atoms with van der Waals surface area (Å²) in [6.07, 6.45) is 0. The summed E-state index contributed by atoms with van der Waals surface area (Å²) in [7, 11) is 0. The Morgan fingerprint density at radius 3 is 1.33 bits per heavy atom. The number of hydrogen-bond acceptors (Lipinski definition) is 5. The molecule has 2 aliphatic heterocycles. The van der Waals surface area contributed by atoms with E-state index in [1.807, 2.05) is 0 Å². The largest absolute Gasteiger partial charge is 0.289 e. The van der Waals surface area contributed by atoms with Crippen molar-refractivity contribution in [1.82, 2.24) is 0 Å². The summed E-state index contributed by atoms with van der Waals surface area (Å²) in [5.74, 6) is 8.86. The monoisotopic (exact) mass is 548 g/mol. The number of carbonyl (C=O) groups is 5. The molecule has 0 atom stereocenters. The van der Waals surface area contributed by atoms with Gasteiger partial charge in [0.2, 0.25) is 0 Å². The third kappa shape index (κ3) is 4.18. The highest BCUT2D eigenvalue weighted by Gasteiger charge is 2.39. The highest BCUT2D eigenvalue weighted by molar-refractivity contribution is 6.36. The van der Waals surface area contributed by atoms with Crippen LogP contribution in [0.4, 0.5) is 11.4 Å². The van der Waals surface area contributed by atoms with Gasteiger partial charge >= 0.3 is 0 Å². The minimum absolute atomic E-state index is 0.103. The molecule has 7 heteroatoms. The summed E-state index contributed by atoms with van der Waals surface area (Å²) < 4.78 is 0. The fourth-order valence-corrected chi connectivity index (χ4v) is 5.13. The number of imide groups is 2. The Labute approximate surface area is 241 Å². The van der Waals surface area contributed by atoms with Gasteiger partial charge in [0.1, 0.15) is 0 Å². The van der Waals surface area contributed by atoms with Gasteiger partial charge in [0.25, 0.3) is 23.6 Å². The molecule has 2 heterocycles. The van der Waals surface area contributed by atoms with Crippen LogP contribution in [0.3, 0.4) is 0 Å². The predicted molar refractivity (Wildman–Crippen MR) is 157 cm³/mol. The minimum Gasteiger partial charge on any atom is -0.289 e. The molecule has 200 valence electrons. The Morgan fingerprint density at radius 2 is 0.929 bits per heavy atom. The summed E-state index contributed by atoms with van der Waals surface area (Å²) in [6, 6.07) is 22.2. The number of nitrogens with zero attached hydrogens (tertiary/aromatic N) is 2. The van der Waals surface area contributed by atoms with Crippen molar-refractivity contribution < 1.29 is 24.0 Å². The lowest BCUT2D eigenvalue weighted by molar-refractivity contribution is 0.0910. The molecule has 4 aromatic rings. The average Bonchev–Trinajstić information content (AvgIpc) is 3.40. The molecule has 0 saturated heterocycles. The van der Waals surface area contributed by atoms with Gasteiger partial charge in [-0.2, -0.15) is 0 Å². The molecule has 2 aliphatic rings. The Morgan fingerprint density at radius 1 is 0.524 bits per heavy atom. The molecule has 0 aromatic heterocycles. The van der Waals surface area contributed by atoms with Gasteiger partial charge in [-0.1, -0.05) is 36.1 Å². The van der Waals surface area contributed by atoms with Gasteiger partial charge < -0.3 is 0 Å². The van der Waals surface area contributed by atoms with Crippen LogP contribution >= 0.6 is 0 Å². The van der Waals surface area contributed by atoms with Crippen molar-refractivity contribution in [3.63, 3.8) is 0 Å². The van der Waals surface area contributed by atoms with Gasteiger partial charge in [0, 0.05) is 22.3 Å². The van der Waals surface area contributed by atoms with Crippen molar-refractivity contribution in [2.75, 3.05) is 9.80 Å². The Bertz CT molecular complexity index is 1890. The normalized spacial score (nSPS) is 13.3. The van der Waals surface area contributed by atoms with Crippen LogP contribution in [-0.2, 0) is 0 Å². The first-order chi connectivity index (χ1) is 20.3. The molecule has 4 amide bonds. The molecule has 0 N–H and O–H groups in total. The molecule has 0 spiro atoms. The summed E-state index contributed by atoms with van der Waals surface area (Å²) in [5, 5.41) is 0. The van der Waals surface area contributed by atoms with Crippen LogP contribution in [0.15, 0.2) is 84.9 Å². The Kier molecular flexibility index (Phi) is 6.34. The van der Waals surface area contributed by atoms with Crippen molar-refractivity contribution in [2.24, 2.45) is 0 Å². The number of anilines is 2. The standard InChI is InChI=1S/C35H20N2O5/c1-3-7-21-9-5-11-25(17-21)36-32(39)27-15-13-23(19-29(27)34(36)41)31(38)24-14-16-28-30(20-24)35(42)37(33(28)40)26-12-6-10-22(18-26)8-4-2/h5-6,9-20H,1-2H3. The number of fused-ring (bicyclic) bond motifs is 2. The third-order valence-electron chi connectivity index (χ3n) is 7.04. The predicted octanol–water partition coefficient (Wildman–Crippen LogP) is 5.26. The maximum Gasteiger partial charge on any atom is 0.266 e. The van der Waals surface area contributed by atoms with Gasteiger partial charge in [0.15, 0.2) is 5.78 Å². The van der Waals surface area contributed by atoms with Crippen molar-refractivity contribution in [3.05, 3.63) is 129 Å². The third-order valence-corrected chi connectivity index (χ3v) is 7.04. The van der Waals surface area contributed by atoms with Crippen LogP contribution in [0, 0.1) is 23.7 Å². The van der Waals surface area contributed by atoms with E-state index < -0.39 is 29.4 Å². The van der Waals surface area contributed by atoms with Crippen LogP contribution in [0.5, 0.6) is 0 Å². The maximum absolute atomic E-state index is 13.5. The average molecular weight is 549 g/mol. The quantitative estimate of drug-likeness (QED) is 0.197. The fraction of sp³-hybridized carbons (Fsp3) is 0.0571. The van der Waals surface area contributed by atoms with Gasteiger partial charge in [0.05, 0.1) is 33.6 Å². The van der Waals surface area contributed by atoms with E-state index in [0.29, 0.717) is 22.5 Å². The molecular formula is C35H20N2O5. The molecular weight excluding hydrogens is 528 g/mol. The number of amides is 4. The van der Waals surface area contributed by atoms with E-state index in [9.17, 15) is 24.0 Å². The second-order valence-corrected chi connectivity index (χ2v) is 9.59. The van der Waals surface area contributed by atoms with Crippen LogP contribution in [0.2, 0.25) is 0 Å². The highest BCUT2D eigenvalue weighted by Crippen LogP contribution is 2.32. The molecule has 6 rings (SSSR count). The molecule has 4 aromatic carbocycles. The number of carbonyl (C=O) groups excluding carboxylic acids is 5. The number of benzene rings is 4. The van der Waals surface area contributed by atoms with Gasteiger partial charge in [-0.05, 0) is 74.5 Å². The lowest BCUT2D eigenvalue weighted by Gasteiger charge is -2.14. The van der Waals surface area contributed by atoms with Gasteiger partial charge in [-0.15, -0.1) is 11.8 Å². The van der Waals surface area contributed by atoms with E-state index in [1.165, 1.54) is 36.4 Å². The van der Waals surface area contributed by atoms with Crippen molar-refractivity contribution in [2.45, 2.75) is 13.8 Å². The van der Waals surface area contributed by atoms with Crippen LogP contribution in [0.1, 0.15) is 82.3 Å². The van der Waals surface area contributed by atoms with Crippen LogP contribution < -0.4 is 9.80 Å². The van der Waals surface area contributed by atoms with Crippen LogP contribution in [-0.4, -0.2) is 29.4 Å². The zero-order valence-corrected chi connectivity index (χ0v) is 22.5. The van der Waals surface area contributed by atoms with E-state index in [2.05, 4.69) is 23.7 Å². The molecule has 0 unspecified atom stereocenters. The van der Waals surface area contributed by atoms with E-state index in [1.54, 1.807) is 62.4 Å². The Balaban J connectivity index is 1.30. The zero-order chi connectivity index (χ0) is 29.5. The summed E-state index contributed by atoms with van der Waals surface area (Å²) >= 11 is 0. The fourth-order valence-electron chi connectivity index (χ4n) is 5.13. The topological polar surface area (TPSA) is 91.8 Å². The molecule has 0 bridgehead atoms. The van der Waals surface area contributed by atoms with Crippen molar-refractivity contribution >= 4 is 40.8 Å². The van der Waals surface area contributed by atoms with Gasteiger partial charge in [-0.3, -0.25) is 24.0 Å². The van der Waals surface area contributed by atoms with Crippen molar-refractivity contribution in [1.29, 1.82) is 0 Å².